The topological polar surface area (TPSA) is 80.0 Å². The maximum Gasteiger partial charge on any atom is 0.257 e. The van der Waals surface area contributed by atoms with Gasteiger partial charge in [0.1, 0.15) is 16.4 Å². The number of rotatable bonds is 4. The largest absolute Gasteiger partial charge is 0.382 e. The first-order chi connectivity index (χ1) is 9.52. The molecule has 4 N–H and O–H groups in total. The van der Waals surface area contributed by atoms with E-state index in [1.807, 2.05) is 0 Å². The number of amides is 1. The molecule has 0 aliphatic carbocycles. The average molecular weight is 315 g/mol. The van der Waals surface area contributed by atoms with Crippen LogP contribution in [0, 0.1) is 5.82 Å². The quantitative estimate of drug-likeness (QED) is 0.810. The van der Waals surface area contributed by atoms with Crippen LogP contribution in [-0.2, 0) is 6.54 Å². The molecule has 0 saturated heterocycles. The van der Waals surface area contributed by atoms with Crippen LogP contribution in [0.15, 0.2) is 18.2 Å². The lowest BCUT2D eigenvalue weighted by Gasteiger charge is -2.07. The van der Waals surface area contributed by atoms with E-state index in [0.717, 1.165) is 17.1 Å². The van der Waals surface area contributed by atoms with Crippen molar-refractivity contribution in [3.8, 4) is 0 Å². The summed E-state index contributed by atoms with van der Waals surface area (Å²) < 4.78 is 17.0. The third-order valence-electron chi connectivity index (χ3n) is 2.61. The molecule has 0 spiro atoms. The van der Waals surface area contributed by atoms with Crippen LogP contribution in [0.3, 0.4) is 0 Å². The minimum Gasteiger partial charge on any atom is -0.382 e. The van der Waals surface area contributed by atoms with Crippen LogP contribution in [-0.4, -0.2) is 17.3 Å². The lowest BCUT2D eigenvalue weighted by Crippen LogP contribution is -2.20. The lowest BCUT2D eigenvalue weighted by atomic mass is 10.2. The molecule has 0 radical (unpaired) electrons. The van der Waals surface area contributed by atoms with E-state index in [2.05, 4.69) is 15.0 Å². The molecule has 0 atom stereocenters. The number of nitrogens with zero attached hydrogens (tertiary/aromatic N) is 1. The van der Waals surface area contributed by atoms with Gasteiger partial charge in [-0.05, 0) is 29.2 Å². The fraction of sp³-hybridized carbons (Fsp3) is 0.167. The number of aromatic nitrogens is 1. The number of nitrogens with one attached hydrogen (secondary N) is 2. The van der Waals surface area contributed by atoms with Crippen LogP contribution in [0.1, 0.15) is 15.9 Å². The summed E-state index contributed by atoms with van der Waals surface area (Å²) in [5, 5.41) is 6.16. The molecule has 106 valence electrons. The maximum absolute atomic E-state index is 13.1. The van der Waals surface area contributed by atoms with Crippen LogP contribution < -0.4 is 16.4 Å². The van der Waals surface area contributed by atoms with Crippen molar-refractivity contribution in [2.45, 2.75) is 6.54 Å². The van der Waals surface area contributed by atoms with Gasteiger partial charge in [-0.25, -0.2) is 4.39 Å². The van der Waals surface area contributed by atoms with Crippen LogP contribution in [0.25, 0.3) is 0 Å². The van der Waals surface area contributed by atoms with E-state index in [4.69, 9.17) is 17.3 Å². The van der Waals surface area contributed by atoms with Crippen molar-refractivity contribution < 1.29 is 9.18 Å². The highest BCUT2D eigenvalue weighted by molar-refractivity contribution is 7.11. The summed E-state index contributed by atoms with van der Waals surface area (Å²) in [6.07, 6.45) is 0. The summed E-state index contributed by atoms with van der Waals surface area (Å²) in [6, 6.07) is 4.42. The highest BCUT2D eigenvalue weighted by atomic mass is 35.5. The van der Waals surface area contributed by atoms with E-state index in [1.165, 1.54) is 19.2 Å². The first-order valence-electron chi connectivity index (χ1n) is 5.68. The van der Waals surface area contributed by atoms with Gasteiger partial charge in [-0.15, -0.1) is 0 Å². The molecule has 0 saturated carbocycles. The Balaban J connectivity index is 2.15. The molecule has 2 aromatic rings. The molecule has 0 aliphatic heterocycles. The van der Waals surface area contributed by atoms with E-state index < -0.39 is 5.82 Å². The molecular weight excluding hydrogens is 303 g/mol. The molecule has 0 fully saturated rings. The molecule has 1 amide bonds. The Hall–Kier alpha value is -1.86. The number of hydrogen-bond acceptors (Lipinski definition) is 5. The van der Waals surface area contributed by atoms with Crippen LogP contribution in [0.5, 0.6) is 0 Å². The van der Waals surface area contributed by atoms with Gasteiger partial charge in [0.25, 0.3) is 5.91 Å². The van der Waals surface area contributed by atoms with Gasteiger partial charge >= 0.3 is 0 Å². The van der Waals surface area contributed by atoms with E-state index >= 15 is 0 Å². The number of carbonyl (C=O) groups is 1. The first kappa shape index (κ1) is 14.5. The number of anilines is 2. The van der Waals surface area contributed by atoms with Crippen molar-refractivity contribution in [1.29, 1.82) is 0 Å². The minimum atomic E-state index is -0.469. The monoisotopic (exact) mass is 314 g/mol. The molecule has 2 rings (SSSR count). The number of halogens is 2. The molecule has 20 heavy (non-hydrogen) atoms. The highest BCUT2D eigenvalue weighted by Gasteiger charge is 2.17. The number of nitrogens with two attached hydrogens (primary N) is 1. The fourth-order valence-corrected chi connectivity index (χ4v) is 2.51. The van der Waals surface area contributed by atoms with Crippen molar-refractivity contribution in [2.24, 2.45) is 0 Å². The second kappa shape index (κ2) is 6.06. The molecule has 5 nitrogen and oxygen atoms in total. The standard InChI is InChI=1S/C12H12ClFN4OS/c1-16-11(19)9-10(15)18-20-12(9)17-5-6-2-3-8(14)7(13)4-6/h2-4,17H,5H2,1H3,(H2,15,18)(H,16,19). The maximum atomic E-state index is 13.1. The average Bonchev–Trinajstić information content (AvgIpc) is 2.80. The van der Waals surface area contributed by atoms with Crippen LogP contribution in [0.4, 0.5) is 15.2 Å². The van der Waals surface area contributed by atoms with Crippen LogP contribution >= 0.6 is 23.1 Å². The Kier molecular flexibility index (Phi) is 4.41. The van der Waals surface area contributed by atoms with Crippen molar-refractivity contribution in [3.05, 3.63) is 40.2 Å². The molecule has 0 bridgehead atoms. The van der Waals surface area contributed by atoms with Crippen LogP contribution in [0.2, 0.25) is 5.02 Å². The van der Waals surface area contributed by atoms with Crippen molar-refractivity contribution >= 4 is 39.9 Å². The molecule has 1 aromatic carbocycles. The predicted molar refractivity (Wildman–Crippen MR) is 78.7 cm³/mol. The highest BCUT2D eigenvalue weighted by Crippen LogP contribution is 2.27. The zero-order valence-corrected chi connectivity index (χ0v) is 12.1. The van der Waals surface area contributed by atoms with Gasteiger partial charge in [0.2, 0.25) is 0 Å². The second-order valence-electron chi connectivity index (χ2n) is 3.95. The molecular formula is C12H12ClFN4OS. The molecule has 1 aromatic heterocycles. The Morgan fingerprint density at radius 2 is 2.30 bits per heavy atom. The van der Waals surface area contributed by atoms with Crippen molar-refractivity contribution in [3.63, 3.8) is 0 Å². The summed E-state index contributed by atoms with van der Waals surface area (Å²) in [6.45, 7) is 0.381. The van der Waals surface area contributed by atoms with Gasteiger partial charge in [0, 0.05) is 13.6 Å². The number of carbonyl (C=O) groups excluding carboxylic acids is 1. The number of hydrogen-bond donors (Lipinski definition) is 3. The van der Waals surface area contributed by atoms with Crippen molar-refractivity contribution in [2.75, 3.05) is 18.1 Å². The summed E-state index contributed by atoms with van der Waals surface area (Å²) in [4.78, 5) is 11.7. The van der Waals surface area contributed by atoms with E-state index in [9.17, 15) is 9.18 Å². The van der Waals surface area contributed by atoms with Gasteiger partial charge < -0.3 is 16.4 Å². The fourth-order valence-electron chi connectivity index (χ4n) is 1.60. The summed E-state index contributed by atoms with van der Waals surface area (Å²) in [5.74, 6) is -0.603. The molecule has 0 aliphatic rings. The Bertz CT molecular complexity index is 646. The smallest absolute Gasteiger partial charge is 0.257 e. The van der Waals surface area contributed by atoms with Gasteiger partial charge in [0.15, 0.2) is 5.82 Å². The van der Waals surface area contributed by atoms with Gasteiger partial charge in [-0.3, -0.25) is 4.79 Å². The van der Waals surface area contributed by atoms with E-state index in [1.54, 1.807) is 6.07 Å². The molecule has 1 heterocycles. The van der Waals surface area contributed by atoms with Gasteiger partial charge in [-0.1, -0.05) is 17.7 Å². The zero-order valence-electron chi connectivity index (χ0n) is 10.5. The second-order valence-corrected chi connectivity index (χ2v) is 5.13. The van der Waals surface area contributed by atoms with Gasteiger partial charge in [-0.2, -0.15) is 4.37 Å². The SMILES string of the molecule is CNC(=O)c1c(N)nsc1NCc1ccc(F)c(Cl)c1. The zero-order chi connectivity index (χ0) is 14.7. The van der Waals surface area contributed by atoms with Crippen molar-refractivity contribution in [1.82, 2.24) is 9.69 Å². The summed E-state index contributed by atoms with van der Waals surface area (Å²) in [5.41, 5.74) is 6.75. The minimum absolute atomic E-state index is 0.0552. The predicted octanol–water partition coefficient (Wildman–Crippen LogP) is 2.49. The van der Waals surface area contributed by atoms with Gasteiger partial charge in [0.05, 0.1) is 5.02 Å². The Morgan fingerprint density at radius 1 is 1.55 bits per heavy atom. The number of nitrogen functional groups attached to an aromatic ring is 1. The van der Waals surface area contributed by atoms with E-state index in [0.29, 0.717) is 17.1 Å². The first-order valence-corrected chi connectivity index (χ1v) is 6.83. The lowest BCUT2D eigenvalue weighted by molar-refractivity contribution is 0.0965. The third kappa shape index (κ3) is 3.00. The Labute approximate surface area is 124 Å². The normalized spacial score (nSPS) is 10.3. The number of benzene rings is 1. The molecule has 8 heteroatoms. The van der Waals surface area contributed by atoms with E-state index in [-0.39, 0.29) is 16.7 Å². The molecule has 0 unspecified atom stereocenters. The third-order valence-corrected chi connectivity index (χ3v) is 3.72. The summed E-state index contributed by atoms with van der Waals surface area (Å²) in [7, 11) is 1.52. The summed E-state index contributed by atoms with van der Waals surface area (Å²) >= 11 is 6.80. The Morgan fingerprint density at radius 3 is 2.95 bits per heavy atom.